The van der Waals surface area contributed by atoms with Crippen LogP contribution in [0.4, 0.5) is 4.79 Å². The molecule has 2 rings (SSSR count). The molecule has 1 saturated carbocycles. The third-order valence-electron chi connectivity index (χ3n) is 4.03. The molecule has 3 amide bonds. The monoisotopic (exact) mass is 317 g/mol. The fourth-order valence-corrected chi connectivity index (χ4v) is 2.55. The lowest BCUT2D eigenvalue weighted by molar-refractivity contribution is -0.121. The van der Waals surface area contributed by atoms with Gasteiger partial charge in [0.05, 0.1) is 6.54 Å². The summed E-state index contributed by atoms with van der Waals surface area (Å²) in [6, 6.07) is 8.60. The number of nitrogens with zero attached hydrogens (tertiary/aromatic N) is 1. The van der Waals surface area contributed by atoms with Gasteiger partial charge in [-0.3, -0.25) is 15.0 Å². The van der Waals surface area contributed by atoms with E-state index in [0.717, 1.165) is 19.4 Å². The molecule has 1 aliphatic rings. The second kappa shape index (κ2) is 8.11. The van der Waals surface area contributed by atoms with Crippen LogP contribution in [0.5, 0.6) is 0 Å². The lowest BCUT2D eigenvalue weighted by Crippen LogP contribution is -2.44. The van der Waals surface area contributed by atoms with Crippen molar-refractivity contribution in [3.8, 4) is 0 Å². The largest absolute Gasteiger partial charge is 0.338 e. The van der Waals surface area contributed by atoms with E-state index in [4.69, 9.17) is 0 Å². The molecule has 0 spiro atoms. The van der Waals surface area contributed by atoms with Crippen LogP contribution in [0.3, 0.4) is 0 Å². The number of hydrogen-bond acceptors (Lipinski definition) is 3. The number of amides is 3. The average Bonchev–Trinajstić information content (AvgIpc) is 3.31. The fourth-order valence-electron chi connectivity index (χ4n) is 2.55. The van der Waals surface area contributed by atoms with Crippen LogP contribution in [0.2, 0.25) is 0 Å². The van der Waals surface area contributed by atoms with Crippen molar-refractivity contribution in [2.45, 2.75) is 52.1 Å². The van der Waals surface area contributed by atoms with Gasteiger partial charge in [-0.25, -0.2) is 4.79 Å². The minimum atomic E-state index is -0.422. The van der Waals surface area contributed by atoms with Crippen molar-refractivity contribution in [2.24, 2.45) is 0 Å². The van der Waals surface area contributed by atoms with Crippen LogP contribution < -0.4 is 10.6 Å². The number of hydrogen-bond donors (Lipinski definition) is 2. The Balaban J connectivity index is 1.91. The molecular weight excluding hydrogens is 290 g/mol. The second-order valence-electron chi connectivity index (χ2n) is 6.44. The first-order chi connectivity index (χ1) is 11.0. The summed E-state index contributed by atoms with van der Waals surface area (Å²) in [7, 11) is 0. The molecule has 0 atom stereocenters. The number of urea groups is 1. The van der Waals surface area contributed by atoms with Crippen LogP contribution in [-0.4, -0.2) is 36.0 Å². The van der Waals surface area contributed by atoms with Crippen molar-refractivity contribution >= 4 is 11.9 Å². The van der Waals surface area contributed by atoms with Gasteiger partial charge in [-0.2, -0.15) is 0 Å². The van der Waals surface area contributed by atoms with Gasteiger partial charge >= 0.3 is 6.03 Å². The molecule has 0 unspecified atom stereocenters. The van der Waals surface area contributed by atoms with Gasteiger partial charge in [0.1, 0.15) is 0 Å². The molecule has 0 aromatic heterocycles. The molecule has 1 aromatic carbocycles. The highest BCUT2D eigenvalue weighted by molar-refractivity contribution is 5.95. The summed E-state index contributed by atoms with van der Waals surface area (Å²) in [6.07, 6.45) is 2.25. The topological polar surface area (TPSA) is 61.4 Å². The van der Waals surface area contributed by atoms with Crippen molar-refractivity contribution in [3.63, 3.8) is 0 Å². The number of carbonyl (C=O) groups is 2. The second-order valence-corrected chi connectivity index (χ2v) is 6.44. The molecule has 5 heteroatoms. The number of nitrogens with one attached hydrogen (secondary N) is 2. The zero-order valence-corrected chi connectivity index (χ0v) is 14.3. The number of rotatable bonds is 7. The average molecular weight is 317 g/mol. The van der Waals surface area contributed by atoms with Gasteiger partial charge in [0, 0.05) is 19.1 Å². The molecular formula is C18H27N3O2. The maximum Gasteiger partial charge on any atom is 0.321 e. The Morgan fingerprint density at radius 1 is 1.22 bits per heavy atom. The van der Waals surface area contributed by atoms with Gasteiger partial charge in [0.2, 0.25) is 5.91 Å². The van der Waals surface area contributed by atoms with Crippen LogP contribution in [0.15, 0.2) is 24.3 Å². The molecule has 1 aromatic rings. The van der Waals surface area contributed by atoms with Gasteiger partial charge in [-0.1, -0.05) is 38.1 Å². The first kappa shape index (κ1) is 17.5. The predicted octanol–water partition coefficient (Wildman–Crippen LogP) is 2.62. The first-order valence-electron chi connectivity index (χ1n) is 8.40. The molecule has 1 aliphatic carbocycles. The van der Waals surface area contributed by atoms with Crippen molar-refractivity contribution in [2.75, 3.05) is 13.1 Å². The van der Waals surface area contributed by atoms with Crippen molar-refractivity contribution < 1.29 is 9.59 Å². The summed E-state index contributed by atoms with van der Waals surface area (Å²) in [4.78, 5) is 25.6. The first-order valence-corrected chi connectivity index (χ1v) is 8.40. The van der Waals surface area contributed by atoms with E-state index in [1.54, 1.807) is 0 Å². The van der Waals surface area contributed by atoms with E-state index >= 15 is 0 Å². The quantitative estimate of drug-likeness (QED) is 0.812. The van der Waals surface area contributed by atoms with Crippen LogP contribution in [0.25, 0.3) is 0 Å². The highest BCUT2D eigenvalue weighted by atomic mass is 16.2. The Kier molecular flexibility index (Phi) is 6.16. The number of imide groups is 1. The molecule has 5 nitrogen and oxygen atoms in total. The van der Waals surface area contributed by atoms with Crippen LogP contribution >= 0.6 is 0 Å². The van der Waals surface area contributed by atoms with Crippen LogP contribution in [0.1, 0.15) is 50.7 Å². The molecule has 2 N–H and O–H groups in total. The van der Waals surface area contributed by atoms with E-state index in [-0.39, 0.29) is 12.5 Å². The van der Waals surface area contributed by atoms with E-state index in [1.165, 1.54) is 11.1 Å². The fraction of sp³-hybridized carbons (Fsp3) is 0.556. The summed E-state index contributed by atoms with van der Waals surface area (Å²) in [5, 5.41) is 4.94. The van der Waals surface area contributed by atoms with Gasteiger partial charge in [-0.05, 0) is 36.8 Å². The Morgan fingerprint density at radius 2 is 1.87 bits per heavy atom. The van der Waals surface area contributed by atoms with Crippen molar-refractivity contribution in [3.05, 3.63) is 35.4 Å². The number of benzene rings is 1. The van der Waals surface area contributed by atoms with E-state index in [0.29, 0.717) is 18.5 Å². The summed E-state index contributed by atoms with van der Waals surface area (Å²) in [5.41, 5.74) is 2.52. The lowest BCUT2D eigenvalue weighted by Gasteiger charge is -2.21. The van der Waals surface area contributed by atoms with Gasteiger partial charge < -0.3 is 5.32 Å². The highest BCUT2D eigenvalue weighted by Crippen LogP contribution is 2.28. The summed E-state index contributed by atoms with van der Waals surface area (Å²) in [5.74, 6) is 0.271. The summed E-state index contributed by atoms with van der Waals surface area (Å²) < 4.78 is 0. The minimum Gasteiger partial charge on any atom is -0.338 e. The Morgan fingerprint density at radius 3 is 2.39 bits per heavy atom. The van der Waals surface area contributed by atoms with Gasteiger partial charge in [-0.15, -0.1) is 0 Å². The maximum atomic E-state index is 12.0. The predicted molar refractivity (Wildman–Crippen MR) is 91.2 cm³/mol. The third kappa shape index (κ3) is 5.67. The Bertz CT molecular complexity index is 536. The molecule has 0 bridgehead atoms. The lowest BCUT2D eigenvalue weighted by atomic mass is 10.0. The van der Waals surface area contributed by atoms with E-state index < -0.39 is 6.03 Å². The zero-order valence-electron chi connectivity index (χ0n) is 14.3. The molecule has 0 radical (unpaired) electrons. The molecule has 1 fully saturated rings. The highest BCUT2D eigenvalue weighted by Gasteiger charge is 2.30. The molecule has 23 heavy (non-hydrogen) atoms. The smallest absolute Gasteiger partial charge is 0.321 e. The van der Waals surface area contributed by atoms with Crippen LogP contribution in [0, 0.1) is 0 Å². The molecule has 126 valence electrons. The minimum absolute atomic E-state index is 0.248. The standard InChI is InChI=1S/C18H27N3O2/c1-4-19-18(23)20-17(22)12-21(16-9-10-16)11-14-5-7-15(8-6-14)13(2)3/h5-8,13,16H,4,9-12H2,1-3H3,(H2,19,20,22,23). The van der Waals surface area contributed by atoms with E-state index in [1.807, 2.05) is 6.92 Å². The zero-order chi connectivity index (χ0) is 16.8. The van der Waals surface area contributed by atoms with E-state index in [2.05, 4.69) is 53.6 Å². The molecule has 0 aliphatic heterocycles. The maximum absolute atomic E-state index is 12.0. The van der Waals surface area contributed by atoms with Crippen molar-refractivity contribution in [1.29, 1.82) is 0 Å². The van der Waals surface area contributed by atoms with Gasteiger partial charge in [0.25, 0.3) is 0 Å². The summed E-state index contributed by atoms with van der Waals surface area (Å²) >= 11 is 0. The van der Waals surface area contributed by atoms with E-state index in [9.17, 15) is 9.59 Å². The normalized spacial score (nSPS) is 14.1. The SMILES string of the molecule is CCNC(=O)NC(=O)CN(Cc1ccc(C(C)C)cc1)C1CC1. The third-order valence-corrected chi connectivity index (χ3v) is 4.03. The Labute approximate surface area is 138 Å². The van der Waals surface area contributed by atoms with Crippen LogP contribution in [-0.2, 0) is 11.3 Å². The Hall–Kier alpha value is -1.88. The summed E-state index contributed by atoms with van der Waals surface area (Å²) in [6.45, 7) is 7.68. The van der Waals surface area contributed by atoms with Gasteiger partial charge in [0.15, 0.2) is 0 Å². The molecule has 0 saturated heterocycles. The molecule has 0 heterocycles. The van der Waals surface area contributed by atoms with Crippen molar-refractivity contribution in [1.82, 2.24) is 15.5 Å². The number of carbonyl (C=O) groups excluding carboxylic acids is 2.